The number of nitrogens with zero attached hydrogens (tertiary/aromatic N) is 2. The van der Waals surface area contributed by atoms with Gasteiger partial charge in [-0.25, -0.2) is 13.2 Å². The van der Waals surface area contributed by atoms with E-state index in [-0.39, 0.29) is 16.8 Å². The summed E-state index contributed by atoms with van der Waals surface area (Å²) < 4.78 is 28.4. The molecule has 2 aliphatic heterocycles. The predicted octanol–water partition coefficient (Wildman–Crippen LogP) is 1.97. The van der Waals surface area contributed by atoms with E-state index in [2.05, 4.69) is 5.32 Å². The van der Waals surface area contributed by atoms with Crippen LogP contribution in [0.1, 0.15) is 25.7 Å². The van der Waals surface area contributed by atoms with Crippen molar-refractivity contribution < 1.29 is 22.7 Å². The minimum absolute atomic E-state index is 0.163. The number of hydrogen-bond acceptors (Lipinski definition) is 5. The first-order valence-corrected chi connectivity index (χ1v) is 11.9. The molecule has 0 saturated carbocycles. The summed E-state index contributed by atoms with van der Waals surface area (Å²) in [6.07, 6.45) is 4.31. The topological polar surface area (TPSA) is 96.0 Å². The van der Waals surface area contributed by atoms with Crippen molar-refractivity contribution in [1.29, 1.82) is 0 Å². The third kappa shape index (κ3) is 6.17. The molecule has 0 atom stereocenters. The molecule has 29 heavy (non-hydrogen) atoms. The van der Waals surface area contributed by atoms with Crippen LogP contribution >= 0.6 is 0 Å². The molecule has 2 saturated heterocycles. The molecular weight excluding hydrogens is 394 g/mol. The summed E-state index contributed by atoms with van der Waals surface area (Å²) in [5.41, 5.74) is 0.541. The Kier molecular flexibility index (Phi) is 7.13. The van der Waals surface area contributed by atoms with Gasteiger partial charge in [-0.1, -0.05) is 0 Å². The molecule has 2 aliphatic rings. The second kappa shape index (κ2) is 9.58. The molecule has 1 aromatic carbocycles. The first-order chi connectivity index (χ1) is 13.8. The van der Waals surface area contributed by atoms with Gasteiger partial charge in [0.1, 0.15) is 0 Å². The number of anilines is 1. The van der Waals surface area contributed by atoms with Gasteiger partial charge in [0.25, 0.3) is 0 Å². The third-order valence-electron chi connectivity index (χ3n) is 5.47. The number of amides is 3. The average molecular weight is 424 g/mol. The van der Waals surface area contributed by atoms with Crippen molar-refractivity contribution >= 4 is 27.5 Å². The van der Waals surface area contributed by atoms with E-state index < -0.39 is 9.84 Å². The van der Waals surface area contributed by atoms with E-state index in [0.717, 1.165) is 38.7 Å². The highest BCUT2D eigenvalue weighted by Gasteiger charge is 2.25. The van der Waals surface area contributed by atoms with Crippen molar-refractivity contribution in [2.75, 3.05) is 51.0 Å². The monoisotopic (exact) mass is 423 g/mol. The molecule has 0 bridgehead atoms. The highest BCUT2D eigenvalue weighted by molar-refractivity contribution is 7.90. The lowest BCUT2D eigenvalue weighted by Gasteiger charge is -2.26. The molecule has 1 aromatic rings. The number of ether oxygens (including phenoxy) is 1. The number of carbonyl (C=O) groups excluding carboxylic acids is 2. The van der Waals surface area contributed by atoms with Crippen molar-refractivity contribution in [2.45, 2.75) is 30.6 Å². The van der Waals surface area contributed by atoms with Gasteiger partial charge >= 0.3 is 6.03 Å². The Balaban J connectivity index is 1.50. The van der Waals surface area contributed by atoms with Crippen molar-refractivity contribution in [3.63, 3.8) is 0 Å². The molecular formula is C20H29N3O5S. The van der Waals surface area contributed by atoms with E-state index >= 15 is 0 Å². The first-order valence-electron chi connectivity index (χ1n) is 10.0. The number of nitrogens with one attached hydrogen (secondary N) is 1. The zero-order valence-corrected chi connectivity index (χ0v) is 17.6. The average Bonchev–Trinajstić information content (AvgIpc) is 2.95. The molecule has 160 valence electrons. The van der Waals surface area contributed by atoms with Crippen LogP contribution in [0.15, 0.2) is 29.2 Å². The van der Waals surface area contributed by atoms with Gasteiger partial charge in [0.05, 0.1) is 4.90 Å². The third-order valence-corrected chi connectivity index (χ3v) is 6.60. The fourth-order valence-electron chi connectivity index (χ4n) is 3.68. The molecule has 3 rings (SSSR count). The zero-order chi connectivity index (χ0) is 20.9. The molecule has 0 aliphatic carbocycles. The summed E-state index contributed by atoms with van der Waals surface area (Å²) >= 11 is 0. The fourth-order valence-corrected chi connectivity index (χ4v) is 4.31. The molecule has 3 amide bonds. The smallest absolute Gasteiger partial charge is 0.321 e. The van der Waals surface area contributed by atoms with Crippen LogP contribution in [-0.2, 0) is 19.4 Å². The van der Waals surface area contributed by atoms with Crippen LogP contribution in [0.2, 0.25) is 0 Å². The highest BCUT2D eigenvalue weighted by atomic mass is 32.2. The first kappa shape index (κ1) is 21.6. The maximum Gasteiger partial charge on any atom is 0.321 e. The van der Waals surface area contributed by atoms with Gasteiger partial charge in [0.2, 0.25) is 5.91 Å². The zero-order valence-electron chi connectivity index (χ0n) is 16.8. The molecule has 0 radical (unpaired) electrons. The van der Waals surface area contributed by atoms with Crippen LogP contribution in [0.3, 0.4) is 0 Å². The van der Waals surface area contributed by atoms with E-state index in [1.807, 2.05) is 4.90 Å². The lowest BCUT2D eigenvalue weighted by Crippen LogP contribution is -2.39. The Morgan fingerprint density at radius 2 is 1.66 bits per heavy atom. The van der Waals surface area contributed by atoms with Crippen LogP contribution in [-0.4, -0.2) is 75.8 Å². The summed E-state index contributed by atoms with van der Waals surface area (Å²) in [7, 11) is -3.27. The van der Waals surface area contributed by atoms with Gasteiger partial charge in [-0.3, -0.25) is 4.79 Å². The molecule has 0 aromatic heterocycles. The Bertz CT molecular complexity index is 819. The Hall–Kier alpha value is -2.13. The van der Waals surface area contributed by atoms with Gasteiger partial charge in [-0.15, -0.1) is 0 Å². The quantitative estimate of drug-likeness (QED) is 0.799. The predicted molar refractivity (Wildman–Crippen MR) is 110 cm³/mol. The van der Waals surface area contributed by atoms with E-state index in [0.29, 0.717) is 44.2 Å². The second-order valence-electron chi connectivity index (χ2n) is 7.71. The SMILES string of the molecule is CS(=O)(=O)c1ccc(NC(=O)N2CCCN(C(=O)CC3CCOCC3)CC2)cc1. The number of rotatable bonds is 4. The highest BCUT2D eigenvalue weighted by Crippen LogP contribution is 2.20. The molecule has 2 heterocycles. The minimum atomic E-state index is -3.27. The number of benzene rings is 1. The summed E-state index contributed by atoms with van der Waals surface area (Å²) in [5, 5.41) is 2.80. The van der Waals surface area contributed by atoms with Crippen molar-refractivity contribution in [3.05, 3.63) is 24.3 Å². The van der Waals surface area contributed by atoms with Gasteiger partial charge in [0, 0.05) is 57.8 Å². The summed E-state index contributed by atoms with van der Waals surface area (Å²) in [6, 6.07) is 5.87. The maximum atomic E-state index is 12.6. The lowest BCUT2D eigenvalue weighted by molar-refractivity contribution is -0.132. The lowest BCUT2D eigenvalue weighted by atomic mass is 9.96. The van der Waals surface area contributed by atoms with Gasteiger partial charge < -0.3 is 19.9 Å². The van der Waals surface area contributed by atoms with Crippen LogP contribution in [0.5, 0.6) is 0 Å². The molecule has 0 spiro atoms. The normalized spacial score (nSPS) is 18.9. The number of urea groups is 1. The summed E-state index contributed by atoms with van der Waals surface area (Å²) in [6.45, 7) is 3.71. The molecule has 0 unspecified atom stereocenters. The largest absolute Gasteiger partial charge is 0.381 e. The number of sulfone groups is 1. The summed E-state index contributed by atoms with van der Waals surface area (Å²) in [4.78, 5) is 29.0. The van der Waals surface area contributed by atoms with Crippen molar-refractivity contribution in [1.82, 2.24) is 9.80 Å². The van der Waals surface area contributed by atoms with Crippen LogP contribution in [0.25, 0.3) is 0 Å². The van der Waals surface area contributed by atoms with Crippen LogP contribution in [0.4, 0.5) is 10.5 Å². The summed E-state index contributed by atoms with van der Waals surface area (Å²) in [5.74, 6) is 0.560. The minimum Gasteiger partial charge on any atom is -0.381 e. The molecule has 2 fully saturated rings. The molecule has 1 N–H and O–H groups in total. The van der Waals surface area contributed by atoms with Gasteiger partial charge in [-0.2, -0.15) is 0 Å². The molecule has 8 nitrogen and oxygen atoms in total. The van der Waals surface area contributed by atoms with E-state index in [4.69, 9.17) is 4.74 Å². The maximum absolute atomic E-state index is 12.6. The van der Waals surface area contributed by atoms with Gasteiger partial charge in [-0.05, 0) is 49.4 Å². The molecule has 9 heteroatoms. The number of hydrogen-bond donors (Lipinski definition) is 1. The Morgan fingerprint density at radius 3 is 2.31 bits per heavy atom. The van der Waals surface area contributed by atoms with Crippen LogP contribution in [0, 0.1) is 5.92 Å². The van der Waals surface area contributed by atoms with Crippen molar-refractivity contribution in [2.24, 2.45) is 5.92 Å². The fraction of sp³-hybridized carbons (Fsp3) is 0.600. The van der Waals surface area contributed by atoms with E-state index in [1.165, 1.54) is 12.1 Å². The van der Waals surface area contributed by atoms with E-state index in [9.17, 15) is 18.0 Å². The Morgan fingerprint density at radius 1 is 1.03 bits per heavy atom. The van der Waals surface area contributed by atoms with Crippen molar-refractivity contribution in [3.8, 4) is 0 Å². The standard InChI is InChI=1S/C20H29N3O5S/c1-29(26,27)18-5-3-17(4-6-18)21-20(25)23-10-2-9-22(11-12-23)19(24)15-16-7-13-28-14-8-16/h3-6,16H,2,7-15H2,1H3,(H,21,25). The van der Waals surface area contributed by atoms with E-state index in [1.54, 1.807) is 17.0 Å². The number of carbonyl (C=O) groups is 2. The van der Waals surface area contributed by atoms with Crippen LogP contribution < -0.4 is 5.32 Å². The Labute approximate surface area is 172 Å². The van der Waals surface area contributed by atoms with Gasteiger partial charge in [0.15, 0.2) is 9.84 Å². The second-order valence-corrected chi connectivity index (χ2v) is 9.72.